The van der Waals surface area contributed by atoms with Crippen molar-refractivity contribution < 1.29 is 4.79 Å². The lowest BCUT2D eigenvalue weighted by Gasteiger charge is -2.14. The van der Waals surface area contributed by atoms with Gasteiger partial charge in [-0.05, 0) is 24.7 Å². The lowest BCUT2D eigenvalue weighted by Crippen LogP contribution is -2.19. The third-order valence-corrected chi connectivity index (χ3v) is 2.25. The van der Waals surface area contributed by atoms with Crippen molar-refractivity contribution in [2.45, 2.75) is 13.0 Å². The highest BCUT2D eigenvalue weighted by molar-refractivity contribution is 6.30. The molecule has 0 unspecified atom stereocenters. The molecule has 1 aromatic rings. The Morgan fingerprint density at radius 2 is 2.00 bits per heavy atom. The molecular weight excluding hydrogens is 198 g/mol. The Balaban J connectivity index is 2.43. The van der Waals surface area contributed by atoms with Crippen molar-refractivity contribution in [3.8, 4) is 0 Å². The average Bonchev–Trinajstić information content (AvgIpc) is 2.18. The fraction of sp³-hybridized carbons (Fsp3) is 0.364. The van der Waals surface area contributed by atoms with Crippen LogP contribution in [0.5, 0.6) is 0 Å². The highest BCUT2D eigenvalue weighted by atomic mass is 35.5. The second-order valence-corrected chi connectivity index (χ2v) is 3.76. The maximum atomic E-state index is 10.2. The monoisotopic (exact) mass is 211 g/mol. The lowest BCUT2D eigenvalue weighted by molar-refractivity contribution is -0.108. The molecule has 0 aliphatic heterocycles. The summed E-state index contributed by atoms with van der Waals surface area (Å²) in [5.41, 5.74) is 1.21. The summed E-state index contributed by atoms with van der Waals surface area (Å²) in [6, 6.07) is 7.76. The Hall–Kier alpha value is -0.860. The van der Waals surface area contributed by atoms with Crippen molar-refractivity contribution in [3.05, 3.63) is 34.9 Å². The number of carbonyl (C=O) groups is 1. The van der Waals surface area contributed by atoms with E-state index in [2.05, 4.69) is 4.90 Å². The molecule has 1 rings (SSSR count). The quantitative estimate of drug-likeness (QED) is 0.697. The molecule has 1 aromatic carbocycles. The van der Waals surface area contributed by atoms with Gasteiger partial charge >= 0.3 is 0 Å². The SMILES string of the molecule is CN(CCC=O)Cc1ccc(Cl)cc1. The number of hydrogen-bond donors (Lipinski definition) is 0. The van der Waals surface area contributed by atoms with Gasteiger partial charge in [0.1, 0.15) is 6.29 Å². The summed E-state index contributed by atoms with van der Waals surface area (Å²) in [6.07, 6.45) is 1.53. The van der Waals surface area contributed by atoms with Crippen LogP contribution in [0.25, 0.3) is 0 Å². The highest BCUT2D eigenvalue weighted by Gasteiger charge is 1.99. The van der Waals surface area contributed by atoms with Gasteiger partial charge in [0.15, 0.2) is 0 Å². The molecule has 0 bridgehead atoms. The maximum Gasteiger partial charge on any atom is 0.121 e. The molecule has 2 nitrogen and oxygen atoms in total. The minimum atomic E-state index is 0.587. The summed E-state index contributed by atoms with van der Waals surface area (Å²) in [4.78, 5) is 12.3. The van der Waals surface area contributed by atoms with Crippen molar-refractivity contribution in [2.75, 3.05) is 13.6 Å². The first kappa shape index (κ1) is 11.2. The van der Waals surface area contributed by atoms with Crippen molar-refractivity contribution in [2.24, 2.45) is 0 Å². The zero-order valence-corrected chi connectivity index (χ0v) is 9.00. The largest absolute Gasteiger partial charge is 0.303 e. The first-order valence-electron chi connectivity index (χ1n) is 4.59. The van der Waals surface area contributed by atoms with E-state index in [0.717, 1.165) is 24.4 Å². The lowest BCUT2D eigenvalue weighted by atomic mass is 10.2. The van der Waals surface area contributed by atoms with Gasteiger partial charge in [0.05, 0.1) is 0 Å². The summed E-state index contributed by atoms with van der Waals surface area (Å²) >= 11 is 5.77. The Kier molecular flexibility index (Phi) is 4.63. The third-order valence-electron chi connectivity index (χ3n) is 1.99. The van der Waals surface area contributed by atoms with Gasteiger partial charge in [-0.3, -0.25) is 0 Å². The van der Waals surface area contributed by atoms with E-state index in [1.54, 1.807) is 0 Å². The standard InChI is InChI=1S/C11H14ClNO/c1-13(7-2-8-14)9-10-3-5-11(12)6-4-10/h3-6,8H,2,7,9H2,1H3. The van der Waals surface area contributed by atoms with Crippen molar-refractivity contribution >= 4 is 17.9 Å². The molecule has 76 valence electrons. The average molecular weight is 212 g/mol. The van der Waals surface area contributed by atoms with Crippen LogP contribution in [0, 0.1) is 0 Å². The fourth-order valence-electron chi connectivity index (χ4n) is 1.25. The molecule has 3 heteroatoms. The van der Waals surface area contributed by atoms with Crippen LogP contribution in [-0.2, 0) is 11.3 Å². The minimum Gasteiger partial charge on any atom is -0.303 e. The van der Waals surface area contributed by atoms with Crippen LogP contribution < -0.4 is 0 Å². The zero-order valence-electron chi connectivity index (χ0n) is 8.24. The molecule has 0 radical (unpaired) electrons. The van der Waals surface area contributed by atoms with Gasteiger partial charge in [-0.25, -0.2) is 0 Å². The van der Waals surface area contributed by atoms with Gasteiger partial charge in [0.2, 0.25) is 0 Å². The molecule has 0 saturated carbocycles. The molecule has 0 fully saturated rings. The summed E-state index contributed by atoms with van der Waals surface area (Å²) in [5.74, 6) is 0. The molecule has 0 amide bonds. The van der Waals surface area contributed by atoms with Crippen LogP contribution in [0.2, 0.25) is 5.02 Å². The molecule has 0 spiro atoms. The molecule has 0 atom stereocenters. The van der Waals surface area contributed by atoms with E-state index in [0.29, 0.717) is 6.42 Å². The number of halogens is 1. The molecule has 0 heterocycles. The summed E-state index contributed by atoms with van der Waals surface area (Å²) in [6.45, 7) is 1.65. The van der Waals surface area contributed by atoms with Crippen molar-refractivity contribution in [1.82, 2.24) is 4.90 Å². The van der Waals surface area contributed by atoms with E-state index in [-0.39, 0.29) is 0 Å². The van der Waals surface area contributed by atoms with E-state index in [1.807, 2.05) is 31.3 Å². The van der Waals surface area contributed by atoms with Crippen LogP contribution in [0.15, 0.2) is 24.3 Å². The molecule has 0 aliphatic rings. The summed E-state index contributed by atoms with van der Waals surface area (Å²) < 4.78 is 0. The normalized spacial score (nSPS) is 10.5. The van der Waals surface area contributed by atoms with E-state index in [9.17, 15) is 4.79 Å². The van der Waals surface area contributed by atoms with Crippen LogP contribution in [0.3, 0.4) is 0 Å². The van der Waals surface area contributed by atoms with E-state index in [4.69, 9.17) is 11.6 Å². The first-order chi connectivity index (χ1) is 6.72. The Morgan fingerprint density at radius 1 is 1.36 bits per heavy atom. The number of hydrogen-bond acceptors (Lipinski definition) is 2. The highest BCUT2D eigenvalue weighted by Crippen LogP contribution is 2.10. The molecule has 14 heavy (non-hydrogen) atoms. The van der Waals surface area contributed by atoms with Gasteiger partial charge in [0, 0.05) is 24.5 Å². The second kappa shape index (κ2) is 5.78. The smallest absolute Gasteiger partial charge is 0.121 e. The summed E-state index contributed by atoms with van der Waals surface area (Å²) in [5, 5.41) is 0.754. The predicted molar refractivity (Wildman–Crippen MR) is 58.5 cm³/mol. The Labute approximate surface area is 89.5 Å². The second-order valence-electron chi connectivity index (χ2n) is 3.32. The van der Waals surface area contributed by atoms with E-state index < -0.39 is 0 Å². The number of aldehydes is 1. The molecular formula is C11H14ClNO. The number of carbonyl (C=O) groups excluding carboxylic acids is 1. The van der Waals surface area contributed by atoms with Gasteiger partial charge in [0.25, 0.3) is 0 Å². The van der Waals surface area contributed by atoms with Gasteiger partial charge in [-0.2, -0.15) is 0 Å². The topological polar surface area (TPSA) is 20.3 Å². The van der Waals surface area contributed by atoms with Crippen LogP contribution >= 0.6 is 11.6 Å². The molecule has 0 saturated heterocycles. The maximum absolute atomic E-state index is 10.2. The predicted octanol–water partition coefficient (Wildman–Crippen LogP) is 2.36. The fourth-order valence-corrected chi connectivity index (χ4v) is 1.38. The Bertz CT molecular complexity index is 284. The molecule has 0 aliphatic carbocycles. The van der Waals surface area contributed by atoms with E-state index in [1.165, 1.54) is 5.56 Å². The van der Waals surface area contributed by atoms with Crippen molar-refractivity contribution in [3.63, 3.8) is 0 Å². The van der Waals surface area contributed by atoms with Gasteiger partial charge in [-0.15, -0.1) is 0 Å². The van der Waals surface area contributed by atoms with Crippen LogP contribution in [0.1, 0.15) is 12.0 Å². The molecule has 0 aromatic heterocycles. The molecule has 0 N–H and O–H groups in total. The van der Waals surface area contributed by atoms with Gasteiger partial charge in [-0.1, -0.05) is 23.7 Å². The number of benzene rings is 1. The van der Waals surface area contributed by atoms with E-state index >= 15 is 0 Å². The van der Waals surface area contributed by atoms with Crippen molar-refractivity contribution in [1.29, 1.82) is 0 Å². The first-order valence-corrected chi connectivity index (χ1v) is 4.97. The van der Waals surface area contributed by atoms with Gasteiger partial charge < -0.3 is 9.69 Å². The van der Waals surface area contributed by atoms with Crippen LogP contribution in [0.4, 0.5) is 0 Å². The number of nitrogens with zero attached hydrogens (tertiary/aromatic N) is 1. The number of rotatable bonds is 5. The summed E-state index contributed by atoms with van der Waals surface area (Å²) in [7, 11) is 2.00. The minimum absolute atomic E-state index is 0.587. The third kappa shape index (κ3) is 3.90. The van der Waals surface area contributed by atoms with Crippen LogP contribution in [-0.4, -0.2) is 24.8 Å². The zero-order chi connectivity index (χ0) is 10.4. The Morgan fingerprint density at radius 3 is 2.57 bits per heavy atom.